The van der Waals surface area contributed by atoms with Crippen molar-refractivity contribution in [2.45, 2.75) is 26.3 Å². The van der Waals surface area contributed by atoms with Crippen molar-refractivity contribution in [2.24, 2.45) is 0 Å². The van der Waals surface area contributed by atoms with Crippen LogP contribution in [0.25, 0.3) is 0 Å². The number of benzene rings is 1. The van der Waals surface area contributed by atoms with Gasteiger partial charge in [0.2, 0.25) is 0 Å². The van der Waals surface area contributed by atoms with Gasteiger partial charge in [-0.25, -0.2) is 9.97 Å². The summed E-state index contributed by atoms with van der Waals surface area (Å²) in [7, 11) is 1.63. The van der Waals surface area contributed by atoms with E-state index in [0.29, 0.717) is 17.3 Å². The Balaban J connectivity index is 2.26. The molecule has 2 rings (SSSR count). The number of ether oxygens (including phenoxy) is 1. The van der Waals surface area contributed by atoms with E-state index in [9.17, 15) is 0 Å². The highest BCUT2D eigenvalue weighted by molar-refractivity contribution is 5.78. The minimum Gasteiger partial charge on any atom is -0.497 e. The van der Waals surface area contributed by atoms with Gasteiger partial charge in [0.15, 0.2) is 11.6 Å². The summed E-state index contributed by atoms with van der Waals surface area (Å²) in [5, 5.41) is 6.43. The summed E-state index contributed by atoms with van der Waals surface area (Å²) < 4.78 is 5.20. The number of nitrogen functional groups attached to an aromatic ring is 1. The van der Waals surface area contributed by atoms with Crippen molar-refractivity contribution in [3.05, 3.63) is 30.6 Å². The molecule has 21 heavy (non-hydrogen) atoms. The van der Waals surface area contributed by atoms with Gasteiger partial charge in [0.1, 0.15) is 17.8 Å². The zero-order valence-corrected chi connectivity index (χ0v) is 12.8. The maximum Gasteiger partial charge on any atom is 0.159 e. The van der Waals surface area contributed by atoms with Crippen LogP contribution < -0.4 is 21.1 Å². The molecule has 0 spiro atoms. The third kappa shape index (κ3) is 3.98. The number of hydrogen-bond acceptors (Lipinski definition) is 6. The van der Waals surface area contributed by atoms with Crippen molar-refractivity contribution < 1.29 is 4.74 Å². The van der Waals surface area contributed by atoms with Crippen molar-refractivity contribution in [3.8, 4) is 5.75 Å². The van der Waals surface area contributed by atoms with Crippen LogP contribution in [0.5, 0.6) is 5.75 Å². The second-order valence-electron chi connectivity index (χ2n) is 5.72. The van der Waals surface area contributed by atoms with Gasteiger partial charge in [-0.15, -0.1) is 0 Å². The Morgan fingerprint density at radius 2 is 1.86 bits per heavy atom. The van der Waals surface area contributed by atoms with Crippen LogP contribution in [-0.2, 0) is 0 Å². The van der Waals surface area contributed by atoms with Crippen molar-refractivity contribution >= 4 is 23.0 Å². The van der Waals surface area contributed by atoms with E-state index in [4.69, 9.17) is 10.5 Å². The Labute approximate surface area is 124 Å². The highest BCUT2D eigenvalue weighted by atomic mass is 16.5. The van der Waals surface area contributed by atoms with Crippen LogP contribution in [-0.4, -0.2) is 22.6 Å². The molecular formula is C15H21N5O. The molecule has 4 N–H and O–H groups in total. The van der Waals surface area contributed by atoms with Crippen LogP contribution in [0, 0.1) is 0 Å². The molecule has 0 saturated carbocycles. The Bertz CT molecular complexity index is 622. The topological polar surface area (TPSA) is 85.1 Å². The highest BCUT2D eigenvalue weighted by Crippen LogP contribution is 2.28. The number of hydrogen-bond donors (Lipinski definition) is 3. The summed E-state index contributed by atoms with van der Waals surface area (Å²) in [5.74, 6) is 1.94. The van der Waals surface area contributed by atoms with Crippen molar-refractivity contribution in [1.82, 2.24) is 9.97 Å². The van der Waals surface area contributed by atoms with Crippen LogP contribution in [0.4, 0.5) is 23.0 Å². The fourth-order valence-corrected chi connectivity index (χ4v) is 1.79. The van der Waals surface area contributed by atoms with Crippen molar-refractivity contribution in [2.75, 3.05) is 23.5 Å². The zero-order chi connectivity index (χ0) is 15.5. The van der Waals surface area contributed by atoms with E-state index in [-0.39, 0.29) is 5.54 Å². The normalized spacial score (nSPS) is 11.0. The first-order valence-corrected chi connectivity index (χ1v) is 6.69. The second-order valence-corrected chi connectivity index (χ2v) is 5.72. The lowest BCUT2D eigenvalue weighted by atomic mass is 10.1. The molecule has 1 aromatic carbocycles. The summed E-state index contributed by atoms with van der Waals surface area (Å²) >= 11 is 0. The number of anilines is 4. The predicted molar refractivity (Wildman–Crippen MR) is 86.1 cm³/mol. The number of nitrogens with zero attached hydrogens (tertiary/aromatic N) is 2. The van der Waals surface area contributed by atoms with Crippen LogP contribution in [0.3, 0.4) is 0 Å². The summed E-state index contributed by atoms with van der Waals surface area (Å²) in [6.07, 6.45) is 1.48. The molecule has 0 fully saturated rings. The van der Waals surface area contributed by atoms with Crippen LogP contribution >= 0.6 is 0 Å². The first-order chi connectivity index (χ1) is 9.89. The molecule has 0 bridgehead atoms. The van der Waals surface area contributed by atoms with Gasteiger partial charge in [-0.2, -0.15) is 0 Å². The van der Waals surface area contributed by atoms with Crippen LogP contribution in [0.15, 0.2) is 30.6 Å². The van der Waals surface area contributed by atoms with E-state index in [2.05, 4.69) is 20.6 Å². The fourth-order valence-electron chi connectivity index (χ4n) is 1.79. The number of nitrogens with one attached hydrogen (secondary N) is 2. The fraction of sp³-hybridized carbons (Fsp3) is 0.333. The average molecular weight is 287 g/mol. The first kappa shape index (κ1) is 14.9. The van der Waals surface area contributed by atoms with Gasteiger partial charge in [-0.05, 0) is 32.9 Å². The lowest BCUT2D eigenvalue weighted by Gasteiger charge is -2.22. The molecule has 112 valence electrons. The lowest BCUT2D eigenvalue weighted by molar-refractivity contribution is 0.415. The molecule has 1 heterocycles. The maximum atomic E-state index is 6.13. The molecule has 6 nitrogen and oxygen atoms in total. The van der Waals surface area contributed by atoms with Gasteiger partial charge < -0.3 is 21.1 Å². The lowest BCUT2D eigenvalue weighted by Crippen LogP contribution is -2.27. The third-order valence-corrected chi connectivity index (χ3v) is 2.71. The summed E-state index contributed by atoms with van der Waals surface area (Å²) in [6.45, 7) is 6.14. The predicted octanol–water partition coefficient (Wildman–Crippen LogP) is 3.02. The van der Waals surface area contributed by atoms with Crippen LogP contribution in [0.1, 0.15) is 20.8 Å². The van der Waals surface area contributed by atoms with Gasteiger partial charge in [-0.3, -0.25) is 0 Å². The summed E-state index contributed by atoms with van der Waals surface area (Å²) in [5.41, 5.74) is 7.33. The quantitative estimate of drug-likeness (QED) is 0.801. The SMILES string of the molecule is COc1cccc(Nc2ncnc(NC(C)(C)C)c2N)c1. The molecule has 0 aliphatic heterocycles. The minimum absolute atomic E-state index is 0.129. The van der Waals surface area contributed by atoms with Crippen LogP contribution in [0.2, 0.25) is 0 Å². The number of methoxy groups -OCH3 is 1. The largest absolute Gasteiger partial charge is 0.497 e. The molecule has 2 aromatic rings. The average Bonchev–Trinajstić information content (AvgIpc) is 2.42. The molecule has 0 atom stereocenters. The smallest absolute Gasteiger partial charge is 0.159 e. The number of nitrogens with two attached hydrogens (primary N) is 1. The van der Waals surface area contributed by atoms with Crippen molar-refractivity contribution in [3.63, 3.8) is 0 Å². The van der Waals surface area contributed by atoms with E-state index in [1.165, 1.54) is 6.33 Å². The first-order valence-electron chi connectivity index (χ1n) is 6.69. The highest BCUT2D eigenvalue weighted by Gasteiger charge is 2.15. The van der Waals surface area contributed by atoms with Gasteiger partial charge in [0.25, 0.3) is 0 Å². The Hall–Kier alpha value is -2.50. The minimum atomic E-state index is -0.129. The molecule has 0 radical (unpaired) electrons. The Kier molecular flexibility index (Phi) is 4.16. The van der Waals surface area contributed by atoms with E-state index >= 15 is 0 Å². The van der Waals surface area contributed by atoms with Gasteiger partial charge in [0, 0.05) is 17.3 Å². The summed E-state index contributed by atoms with van der Waals surface area (Å²) in [4.78, 5) is 8.38. The molecule has 0 aliphatic carbocycles. The van der Waals surface area contributed by atoms with E-state index < -0.39 is 0 Å². The van der Waals surface area contributed by atoms with Gasteiger partial charge in [0.05, 0.1) is 7.11 Å². The number of aromatic nitrogens is 2. The molecule has 6 heteroatoms. The molecule has 0 unspecified atom stereocenters. The summed E-state index contributed by atoms with van der Waals surface area (Å²) in [6, 6.07) is 7.56. The maximum absolute atomic E-state index is 6.13. The molecule has 1 aromatic heterocycles. The van der Waals surface area contributed by atoms with E-state index in [0.717, 1.165) is 11.4 Å². The van der Waals surface area contributed by atoms with E-state index in [1.54, 1.807) is 7.11 Å². The molecule has 0 saturated heterocycles. The molecular weight excluding hydrogens is 266 g/mol. The third-order valence-electron chi connectivity index (χ3n) is 2.71. The van der Waals surface area contributed by atoms with Gasteiger partial charge in [-0.1, -0.05) is 6.07 Å². The standard InChI is InChI=1S/C15H21N5O/c1-15(2,3)20-14-12(16)13(17-9-18-14)19-10-6-5-7-11(8-10)21-4/h5-9H,16H2,1-4H3,(H2,17,18,19,20). The Morgan fingerprint density at radius 3 is 2.52 bits per heavy atom. The molecule has 0 aliphatic rings. The zero-order valence-electron chi connectivity index (χ0n) is 12.8. The second kappa shape index (κ2) is 5.87. The van der Waals surface area contributed by atoms with Gasteiger partial charge >= 0.3 is 0 Å². The van der Waals surface area contributed by atoms with Crippen molar-refractivity contribution in [1.29, 1.82) is 0 Å². The number of rotatable bonds is 4. The van der Waals surface area contributed by atoms with E-state index in [1.807, 2.05) is 45.0 Å². The monoisotopic (exact) mass is 287 g/mol. The molecule has 0 amide bonds. The Morgan fingerprint density at radius 1 is 1.14 bits per heavy atom.